The SMILES string of the molecule is CCCCCCCCCCCCCCCCCC[Si](C)(C)C1CCCCO1. The van der Waals surface area contributed by atoms with Crippen LogP contribution in [0.15, 0.2) is 0 Å². The highest BCUT2D eigenvalue weighted by molar-refractivity contribution is 6.78. The molecule has 1 unspecified atom stereocenters. The molecule has 0 aliphatic carbocycles. The van der Waals surface area contributed by atoms with Gasteiger partial charge in [-0.2, -0.15) is 0 Å². The molecular weight excluding hydrogens is 344 g/mol. The molecule has 2 heteroatoms. The maximum absolute atomic E-state index is 6.08. The van der Waals surface area contributed by atoms with E-state index in [2.05, 4.69) is 20.0 Å². The topological polar surface area (TPSA) is 9.23 Å². The van der Waals surface area contributed by atoms with Crippen molar-refractivity contribution in [2.45, 2.75) is 154 Å². The van der Waals surface area contributed by atoms with Gasteiger partial charge in [-0.15, -0.1) is 0 Å². The first-order valence-electron chi connectivity index (χ1n) is 12.8. The van der Waals surface area contributed by atoms with E-state index in [0.717, 1.165) is 6.61 Å². The number of hydrogen-bond acceptors (Lipinski definition) is 1. The van der Waals surface area contributed by atoms with Gasteiger partial charge in [0.15, 0.2) is 0 Å². The standard InChI is InChI=1S/C25H52OSi/c1-4-5-6-7-8-9-10-11-12-13-14-15-16-17-18-21-24-27(2,3)25-22-19-20-23-26-25/h25H,4-24H2,1-3H3. The fourth-order valence-corrected chi connectivity index (χ4v) is 7.68. The molecule has 0 radical (unpaired) electrons. The molecule has 0 aromatic carbocycles. The zero-order valence-corrected chi connectivity index (χ0v) is 20.3. The van der Waals surface area contributed by atoms with Crippen LogP contribution in [0.5, 0.6) is 0 Å². The van der Waals surface area contributed by atoms with Crippen molar-refractivity contribution in [3.05, 3.63) is 0 Å². The first-order valence-corrected chi connectivity index (χ1v) is 16.1. The second-order valence-electron chi connectivity index (χ2n) is 9.90. The Bertz CT molecular complexity index is 309. The maximum atomic E-state index is 6.08. The van der Waals surface area contributed by atoms with Gasteiger partial charge < -0.3 is 4.74 Å². The molecule has 0 bridgehead atoms. The molecule has 1 atom stereocenters. The predicted molar refractivity (Wildman–Crippen MR) is 125 cm³/mol. The summed E-state index contributed by atoms with van der Waals surface area (Å²) in [7, 11) is -1.13. The minimum Gasteiger partial charge on any atom is -0.382 e. The Hall–Kier alpha value is 0.177. The Balaban J connectivity index is 1.79. The van der Waals surface area contributed by atoms with E-state index in [-0.39, 0.29) is 0 Å². The van der Waals surface area contributed by atoms with Crippen molar-refractivity contribution < 1.29 is 4.74 Å². The first kappa shape index (κ1) is 25.2. The zero-order valence-electron chi connectivity index (χ0n) is 19.3. The Kier molecular flexibility index (Phi) is 15.9. The van der Waals surface area contributed by atoms with Crippen LogP contribution in [0.4, 0.5) is 0 Å². The van der Waals surface area contributed by atoms with E-state index in [0.29, 0.717) is 5.73 Å². The summed E-state index contributed by atoms with van der Waals surface area (Å²) in [5.41, 5.74) is 0.655. The molecule has 1 nitrogen and oxygen atoms in total. The first-order chi connectivity index (χ1) is 13.2. The van der Waals surface area contributed by atoms with Crippen LogP contribution in [0.3, 0.4) is 0 Å². The highest BCUT2D eigenvalue weighted by Gasteiger charge is 2.33. The number of ether oxygens (including phenoxy) is 1. The van der Waals surface area contributed by atoms with Crippen molar-refractivity contribution >= 4 is 8.07 Å². The normalized spacial score (nSPS) is 18.1. The van der Waals surface area contributed by atoms with Gasteiger partial charge in [0.1, 0.15) is 0 Å². The molecule has 1 heterocycles. The summed E-state index contributed by atoms with van der Waals surface area (Å²) in [6, 6.07) is 1.48. The average molecular weight is 397 g/mol. The van der Waals surface area contributed by atoms with Crippen LogP contribution in [0.2, 0.25) is 19.1 Å². The van der Waals surface area contributed by atoms with Gasteiger partial charge in [0.2, 0.25) is 0 Å². The lowest BCUT2D eigenvalue weighted by atomic mass is 10.0. The number of unbranched alkanes of at least 4 members (excludes halogenated alkanes) is 15. The Labute approximate surface area is 173 Å². The Morgan fingerprint density at radius 3 is 1.48 bits per heavy atom. The minimum atomic E-state index is -1.13. The van der Waals surface area contributed by atoms with Gasteiger partial charge >= 0.3 is 0 Å². The van der Waals surface area contributed by atoms with Crippen molar-refractivity contribution in [3.63, 3.8) is 0 Å². The van der Waals surface area contributed by atoms with E-state index in [1.54, 1.807) is 0 Å². The van der Waals surface area contributed by atoms with Crippen LogP contribution >= 0.6 is 0 Å². The fraction of sp³-hybridized carbons (Fsp3) is 1.00. The smallest absolute Gasteiger partial charge is 0.0815 e. The molecular formula is C25H52OSi. The summed E-state index contributed by atoms with van der Waals surface area (Å²) in [6.07, 6.45) is 27.5. The van der Waals surface area contributed by atoms with Crippen LogP contribution in [-0.4, -0.2) is 20.4 Å². The summed E-state index contributed by atoms with van der Waals surface area (Å²) in [6.45, 7) is 8.46. The van der Waals surface area contributed by atoms with E-state index >= 15 is 0 Å². The third kappa shape index (κ3) is 13.9. The fourth-order valence-electron chi connectivity index (χ4n) is 4.65. The molecule has 1 saturated heterocycles. The molecule has 0 saturated carbocycles. The largest absolute Gasteiger partial charge is 0.382 e. The molecule has 1 aliphatic rings. The van der Waals surface area contributed by atoms with Crippen LogP contribution in [0.1, 0.15) is 129 Å². The minimum absolute atomic E-state index is 0.655. The van der Waals surface area contributed by atoms with Gasteiger partial charge in [0.25, 0.3) is 0 Å². The lowest BCUT2D eigenvalue weighted by Gasteiger charge is -2.35. The third-order valence-electron chi connectivity index (χ3n) is 6.73. The summed E-state index contributed by atoms with van der Waals surface area (Å²) in [5, 5.41) is 0. The zero-order chi connectivity index (χ0) is 19.6. The molecule has 0 N–H and O–H groups in total. The van der Waals surface area contributed by atoms with E-state index in [4.69, 9.17) is 4.74 Å². The summed E-state index contributed by atoms with van der Waals surface area (Å²) < 4.78 is 6.08. The maximum Gasteiger partial charge on any atom is 0.0815 e. The van der Waals surface area contributed by atoms with Gasteiger partial charge in [-0.25, -0.2) is 0 Å². The summed E-state index contributed by atoms with van der Waals surface area (Å²) >= 11 is 0. The van der Waals surface area contributed by atoms with Crippen molar-refractivity contribution in [2.24, 2.45) is 0 Å². The van der Waals surface area contributed by atoms with Crippen molar-refractivity contribution in [3.8, 4) is 0 Å². The molecule has 27 heavy (non-hydrogen) atoms. The second-order valence-corrected chi connectivity index (χ2v) is 15.0. The lowest BCUT2D eigenvalue weighted by molar-refractivity contribution is 0.0597. The quantitative estimate of drug-likeness (QED) is 0.166. The van der Waals surface area contributed by atoms with Crippen molar-refractivity contribution in [1.82, 2.24) is 0 Å². The monoisotopic (exact) mass is 396 g/mol. The summed E-state index contributed by atoms with van der Waals surface area (Å²) in [4.78, 5) is 0. The van der Waals surface area contributed by atoms with Crippen LogP contribution < -0.4 is 0 Å². The third-order valence-corrected chi connectivity index (χ3v) is 10.6. The van der Waals surface area contributed by atoms with Crippen molar-refractivity contribution in [2.75, 3.05) is 6.61 Å². The highest BCUT2D eigenvalue weighted by atomic mass is 28.3. The van der Waals surface area contributed by atoms with E-state index < -0.39 is 8.07 Å². The van der Waals surface area contributed by atoms with Gasteiger partial charge in [-0.05, 0) is 19.3 Å². The van der Waals surface area contributed by atoms with Gasteiger partial charge in [-0.1, -0.05) is 129 Å². The second kappa shape index (κ2) is 17.1. The van der Waals surface area contributed by atoms with Crippen molar-refractivity contribution in [1.29, 1.82) is 0 Å². The summed E-state index contributed by atoms with van der Waals surface area (Å²) in [5.74, 6) is 0. The predicted octanol–water partition coefficient (Wildman–Crippen LogP) is 9.06. The van der Waals surface area contributed by atoms with Gasteiger partial charge in [-0.3, -0.25) is 0 Å². The van der Waals surface area contributed by atoms with E-state index in [9.17, 15) is 0 Å². The van der Waals surface area contributed by atoms with E-state index in [1.807, 2.05) is 0 Å². The lowest BCUT2D eigenvalue weighted by Crippen LogP contribution is -2.45. The Morgan fingerprint density at radius 2 is 1.07 bits per heavy atom. The molecule has 162 valence electrons. The molecule has 1 aliphatic heterocycles. The Morgan fingerprint density at radius 1 is 0.630 bits per heavy atom. The number of rotatable bonds is 18. The van der Waals surface area contributed by atoms with E-state index in [1.165, 1.54) is 128 Å². The molecule has 1 fully saturated rings. The average Bonchev–Trinajstić information content (AvgIpc) is 2.68. The number of hydrogen-bond donors (Lipinski definition) is 0. The van der Waals surface area contributed by atoms with Crippen LogP contribution in [-0.2, 0) is 4.74 Å². The molecule has 0 spiro atoms. The van der Waals surface area contributed by atoms with Gasteiger partial charge in [0, 0.05) is 12.3 Å². The van der Waals surface area contributed by atoms with Gasteiger partial charge in [0.05, 0.1) is 8.07 Å². The highest BCUT2D eigenvalue weighted by Crippen LogP contribution is 2.27. The molecule has 0 amide bonds. The molecule has 0 aromatic heterocycles. The molecule has 0 aromatic rings. The van der Waals surface area contributed by atoms with Crippen LogP contribution in [0, 0.1) is 0 Å². The van der Waals surface area contributed by atoms with Crippen LogP contribution in [0.25, 0.3) is 0 Å². The molecule has 1 rings (SSSR count).